The topological polar surface area (TPSA) is 96.9 Å². The molecule has 1 unspecified atom stereocenters. The van der Waals surface area contributed by atoms with Gasteiger partial charge in [0.1, 0.15) is 6.04 Å². The van der Waals surface area contributed by atoms with Gasteiger partial charge in [0.15, 0.2) is 11.5 Å². The second-order valence-electron chi connectivity index (χ2n) is 4.19. The number of nitrogens with one attached hydrogen (secondary N) is 2. The van der Waals surface area contributed by atoms with Gasteiger partial charge in [0.2, 0.25) is 0 Å². The van der Waals surface area contributed by atoms with E-state index in [4.69, 9.17) is 14.6 Å². The van der Waals surface area contributed by atoms with E-state index in [1.807, 2.05) is 13.8 Å². The van der Waals surface area contributed by atoms with Crippen LogP contribution in [0.3, 0.4) is 0 Å². The summed E-state index contributed by atoms with van der Waals surface area (Å²) in [7, 11) is 0. The van der Waals surface area contributed by atoms with Crippen molar-refractivity contribution >= 4 is 17.7 Å². The summed E-state index contributed by atoms with van der Waals surface area (Å²) in [6.45, 7) is 6.06. The number of anilines is 1. The highest BCUT2D eigenvalue weighted by atomic mass is 16.5. The molecule has 1 aromatic rings. The summed E-state index contributed by atoms with van der Waals surface area (Å²) >= 11 is 0. The fourth-order valence-electron chi connectivity index (χ4n) is 1.55. The molecule has 1 atom stereocenters. The monoisotopic (exact) mass is 296 g/mol. The predicted octanol–water partition coefficient (Wildman–Crippen LogP) is 2.08. The molecule has 0 radical (unpaired) electrons. The number of rotatable bonds is 7. The van der Waals surface area contributed by atoms with Gasteiger partial charge in [-0.1, -0.05) is 0 Å². The minimum atomic E-state index is -1.10. The Morgan fingerprint density at radius 2 is 1.81 bits per heavy atom. The standard InChI is InChI=1S/C14H20N2O5/c1-4-20-11-7-6-10(8-12(11)21-5-2)16-14(19)15-9(3)13(17)18/h6-9H,4-5H2,1-3H3,(H,17,18)(H2,15,16,19). The van der Waals surface area contributed by atoms with Gasteiger partial charge in [0, 0.05) is 11.8 Å². The summed E-state index contributed by atoms with van der Waals surface area (Å²) in [5.41, 5.74) is 0.483. The number of carbonyl (C=O) groups excluding carboxylic acids is 1. The maximum atomic E-state index is 11.6. The molecule has 0 saturated carbocycles. The number of aliphatic carboxylic acids is 1. The van der Waals surface area contributed by atoms with Gasteiger partial charge >= 0.3 is 12.0 Å². The van der Waals surface area contributed by atoms with Crippen molar-refractivity contribution in [1.29, 1.82) is 0 Å². The maximum absolute atomic E-state index is 11.6. The summed E-state index contributed by atoms with van der Waals surface area (Å²) in [4.78, 5) is 22.3. The fourth-order valence-corrected chi connectivity index (χ4v) is 1.55. The highest BCUT2D eigenvalue weighted by Crippen LogP contribution is 2.30. The molecular formula is C14H20N2O5. The van der Waals surface area contributed by atoms with Gasteiger partial charge < -0.3 is 25.2 Å². The Labute approximate surface area is 123 Å². The Morgan fingerprint density at radius 3 is 2.38 bits per heavy atom. The van der Waals surface area contributed by atoms with Crippen LogP contribution in [0.4, 0.5) is 10.5 Å². The van der Waals surface area contributed by atoms with Gasteiger partial charge in [0.25, 0.3) is 0 Å². The third kappa shape index (κ3) is 5.21. The van der Waals surface area contributed by atoms with Gasteiger partial charge in [-0.2, -0.15) is 0 Å². The molecule has 1 aromatic carbocycles. The third-order valence-corrected chi connectivity index (χ3v) is 2.52. The van der Waals surface area contributed by atoms with Crippen LogP contribution in [0.25, 0.3) is 0 Å². The first kappa shape index (κ1) is 16.6. The molecule has 7 heteroatoms. The molecule has 0 fully saturated rings. The van der Waals surface area contributed by atoms with Crippen molar-refractivity contribution in [3.8, 4) is 11.5 Å². The zero-order valence-electron chi connectivity index (χ0n) is 12.3. The molecule has 0 bridgehead atoms. The van der Waals surface area contributed by atoms with Gasteiger partial charge in [-0.25, -0.2) is 4.79 Å². The number of carbonyl (C=O) groups is 2. The summed E-state index contributed by atoms with van der Waals surface area (Å²) in [6.07, 6.45) is 0. The molecular weight excluding hydrogens is 276 g/mol. The molecule has 21 heavy (non-hydrogen) atoms. The van der Waals surface area contributed by atoms with E-state index in [0.29, 0.717) is 30.4 Å². The van der Waals surface area contributed by atoms with E-state index in [0.717, 1.165) is 0 Å². The minimum Gasteiger partial charge on any atom is -0.490 e. The van der Waals surface area contributed by atoms with Crippen LogP contribution in [0.1, 0.15) is 20.8 Å². The van der Waals surface area contributed by atoms with E-state index in [2.05, 4.69) is 10.6 Å². The summed E-state index contributed by atoms with van der Waals surface area (Å²) in [5.74, 6) is -0.000468. The number of carboxylic acid groups (broad SMARTS) is 1. The lowest BCUT2D eigenvalue weighted by atomic mass is 10.2. The summed E-state index contributed by atoms with van der Waals surface area (Å²) in [6, 6.07) is 3.39. The highest BCUT2D eigenvalue weighted by Gasteiger charge is 2.14. The lowest BCUT2D eigenvalue weighted by molar-refractivity contribution is -0.138. The van der Waals surface area contributed by atoms with E-state index in [1.165, 1.54) is 6.92 Å². The first-order valence-electron chi connectivity index (χ1n) is 6.67. The first-order chi connectivity index (χ1) is 9.97. The van der Waals surface area contributed by atoms with Crippen LogP contribution in [0.15, 0.2) is 18.2 Å². The molecule has 0 saturated heterocycles. The normalized spacial score (nSPS) is 11.4. The molecule has 0 aromatic heterocycles. The first-order valence-corrected chi connectivity index (χ1v) is 6.67. The van der Waals surface area contributed by atoms with E-state index in [9.17, 15) is 9.59 Å². The van der Waals surface area contributed by atoms with Gasteiger partial charge in [-0.3, -0.25) is 4.79 Å². The quantitative estimate of drug-likeness (QED) is 0.715. The molecule has 0 aliphatic rings. The van der Waals surface area contributed by atoms with Crippen molar-refractivity contribution in [1.82, 2.24) is 5.32 Å². The highest BCUT2D eigenvalue weighted by molar-refractivity contribution is 5.92. The largest absolute Gasteiger partial charge is 0.490 e. The van der Waals surface area contributed by atoms with Crippen LogP contribution in [-0.4, -0.2) is 36.4 Å². The molecule has 0 aliphatic carbocycles. The third-order valence-electron chi connectivity index (χ3n) is 2.52. The van der Waals surface area contributed by atoms with Crippen LogP contribution in [0.2, 0.25) is 0 Å². The average molecular weight is 296 g/mol. The zero-order valence-corrected chi connectivity index (χ0v) is 12.3. The smallest absolute Gasteiger partial charge is 0.325 e. The van der Waals surface area contributed by atoms with Crippen molar-refractivity contribution < 1.29 is 24.2 Å². The number of urea groups is 1. The molecule has 3 N–H and O–H groups in total. The lowest BCUT2D eigenvalue weighted by Crippen LogP contribution is -2.40. The second-order valence-corrected chi connectivity index (χ2v) is 4.19. The number of hydrogen-bond acceptors (Lipinski definition) is 4. The Hall–Kier alpha value is -2.44. The Bertz CT molecular complexity index is 504. The van der Waals surface area contributed by atoms with Crippen molar-refractivity contribution in [3.63, 3.8) is 0 Å². The molecule has 116 valence electrons. The Balaban J connectivity index is 2.77. The average Bonchev–Trinajstić information content (AvgIpc) is 2.42. The van der Waals surface area contributed by atoms with Crippen LogP contribution < -0.4 is 20.1 Å². The maximum Gasteiger partial charge on any atom is 0.325 e. The van der Waals surface area contributed by atoms with E-state index >= 15 is 0 Å². The van der Waals surface area contributed by atoms with Crippen LogP contribution in [0.5, 0.6) is 11.5 Å². The Morgan fingerprint density at radius 1 is 1.19 bits per heavy atom. The predicted molar refractivity (Wildman–Crippen MR) is 78.0 cm³/mol. The van der Waals surface area contributed by atoms with Crippen LogP contribution in [0, 0.1) is 0 Å². The number of benzene rings is 1. The minimum absolute atomic E-state index is 0.464. The zero-order chi connectivity index (χ0) is 15.8. The van der Waals surface area contributed by atoms with Crippen LogP contribution in [-0.2, 0) is 4.79 Å². The second kappa shape index (κ2) is 7.98. The molecule has 1 rings (SSSR count). The lowest BCUT2D eigenvalue weighted by Gasteiger charge is -2.14. The Kier molecular flexibility index (Phi) is 6.32. The summed E-state index contributed by atoms with van der Waals surface area (Å²) in [5, 5.41) is 13.6. The van der Waals surface area contributed by atoms with Gasteiger partial charge in [0.05, 0.1) is 13.2 Å². The van der Waals surface area contributed by atoms with Gasteiger partial charge in [-0.15, -0.1) is 0 Å². The van der Waals surface area contributed by atoms with Crippen molar-refractivity contribution in [2.45, 2.75) is 26.8 Å². The molecule has 2 amide bonds. The number of hydrogen-bond donors (Lipinski definition) is 3. The molecule has 0 heterocycles. The van der Waals surface area contributed by atoms with E-state index in [-0.39, 0.29) is 0 Å². The van der Waals surface area contributed by atoms with Crippen molar-refractivity contribution in [2.24, 2.45) is 0 Å². The van der Waals surface area contributed by atoms with Gasteiger partial charge in [-0.05, 0) is 32.9 Å². The number of carboxylic acids is 1. The molecule has 0 aliphatic heterocycles. The number of amides is 2. The molecule has 0 spiro atoms. The SMILES string of the molecule is CCOc1ccc(NC(=O)NC(C)C(=O)O)cc1OCC. The van der Waals surface area contributed by atoms with E-state index < -0.39 is 18.0 Å². The van der Waals surface area contributed by atoms with Crippen LogP contribution >= 0.6 is 0 Å². The molecule has 7 nitrogen and oxygen atoms in total. The summed E-state index contributed by atoms with van der Waals surface area (Å²) < 4.78 is 10.9. The van der Waals surface area contributed by atoms with Crippen molar-refractivity contribution in [2.75, 3.05) is 18.5 Å². The van der Waals surface area contributed by atoms with E-state index in [1.54, 1.807) is 18.2 Å². The number of ether oxygens (including phenoxy) is 2. The fraction of sp³-hybridized carbons (Fsp3) is 0.429. The van der Waals surface area contributed by atoms with Crippen molar-refractivity contribution in [3.05, 3.63) is 18.2 Å².